The summed E-state index contributed by atoms with van der Waals surface area (Å²) in [5, 5.41) is 9.11. The van der Waals surface area contributed by atoms with Crippen molar-refractivity contribution in [1.82, 2.24) is 0 Å². The second-order valence-corrected chi connectivity index (χ2v) is 7.00. The van der Waals surface area contributed by atoms with E-state index in [-0.39, 0.29) is 12.2 Å². The number of quaternary nitrogens is 1. The molecule has 0 saturated carbocycles. The van der Waals surface area contributed by atoms with Crippen LogP contribution in [0.5, 0.6) is 0 Å². The Morgan fingerprint density at radius 1 is 1.14 bits per heavy atom. The van der Waals surface area contributed by atoms with Crippen LogP contribution >= 0.6 is 16.3 Å². The van der Waals surface area contributed by atoms with Gasteiger partial charge in [0.05, 0.1) is 27.6 Å². The first-order chi connectivity index (χ1) is 9.67. The van der Waals surface area contributed by atoms with Crippen molar-refractivity contribution in [3.05, 3.63) is 0 Å². The lowest BCUT2D eigenvalue weighted by Gasteiger charge is -2.35. The second-order valence-electron chi connectivity index (χ2n) is 6.68. The first-order valence-corrected chi connectivity index (χ1v) is 8.17. The number of likely N-dealkylation sites (N-methyl/N-ethyl adjacent to an activating group) is 1. The number of ketones is 1. The van der Waals surface area contributed by atoms with Crippen LogP contribution in [0.4, 0.5) is 0 Å². The molecule has 6 heteroatoms. The number of halogens is 1. The standard InChI is InChI=1S/C15H28BrNO4/c1-5-6-7-8-9-10-13(18)15(21-16,11-14(19)20)12-17(2,3)4/h5-12H2,1-4H3/p+1. The number of hydrogen-bond acceptors (Lipinski definition) is 3. The van der Waals surface area contributed by atoms with Crippen molar-refractivity contribution >= 4 is 28.0 Å². The molecule has 0 saturated heterocycles. The second kappa shape index (κ2) is 9.54. The number of carbonyl (C=O) groups is 2. The highest BCUT2D eigenvalue weighted by Gasteiger charge is 2.45. The Morgan fingerprint density at radius 2 is 1.71 bits per heavy atom. The van der Waals surface area contributed by atoms with Crippen LogP contribution in [0.1, 0.15) is 51.9 Å². The molecule has 0 rings (SSSR count). The van der Waals surface area contributed by atoms with E-state index in [9.17, 15) is 9.59 Å². The van der Waals surface area contributed by atoms with Gasteiger partial charge in [0.15, 0.2) is 11.4 Å². The highest BCUT2D eigenvalue weighted by Crippen LogP contribution is 2.26. The number of Topliss-reactive ketones (excluding diaryl/α,β-unsaturated/α-hetero) is 1. The highest BCUT2D eigenvalue weighted by molar-refractivity contribution is 9.06. The van der Waals surface area contributed by atoms with E-state index >= 15 is 0 Å². The predicted octanol–water partition coefficient (Wildman–Crippen LogP) is 3.16. The molecule has 0 fully saturated rings. The van der Waals surface area contributed by atoms with Crippen molar-refractivity contribution in [2.24, 2.45) is 0 Å². The summed E-state index contributed by atoms with van der Waals surface area (Å²) in [6, 6.07) is 0. The number of carboxylic acids is 1. The molecular weight excluding hydrogens is 338 g/mol. The molecule has 0 aliphatic carbocycles. The fraction of sp³-hybridized carbons (Fsp3) is 0.867. The number of rotatable bonds is 12. The Hall–Kier alpha value is -0.460. The monoisotopic (exact) mass is 366 g/mol. The topological polar surface area (TPSA) is 63.6 Å². The Kier molecular flexibility index (Phi) is 9.33. The fourth-order valence-electron chi connectivity index (χ4n) is 2.46. The van der Waals surface area contributed by atoms with Gasteiger partial charge >= 0.3 is 5.97 Å². The van der Waals surface area contributed by atoms with Gasteiger partial charge in [0.25, 0.3) is 0 Å². The van der Waals surface area contributed by atoms with Gasteiger partial charge in [-0.15, -0.1) is 0 Å². The number of hydrogen-bond donors (Lipinski definition) is 1. The van der Waals surface area contributed by atoms with Crippen molar-refractivity contribution in [2.45, 2.75) is 57.5 Å². The molecule has 0 aliphatic rings. The molecule has 124 valence electrons. The summed E-state index contributed by atoms with van der Waals surface area (Å²) in [6.45, 7) is 2.46. The van der Waals surface area contributed by atoms with Crippen LogP contribution in [0.2, 0.25) is 0 Å². The van der Waals surface area contributed by atoms with E-state index < -0.39 is 11.6 Å². The Balaban J connectivity index is 4.77. The van der Waals surface area contributed by atoms with Crippen LogP contribution in [-0.4, -0.2) is 54.6 Å². The van der Waals surface area contributed by atoms with E-state index in [4.69, 9.17) is 8.93 Å². The van der Waals surface area contributed by atoms with E-state index in [2.05, 4.69) is 23.2 Å². The molecule has 0 radical (unpaired) electrons. The van der Waals surface area contributed by atoms with Gasteiger partial charge in [-0.2, -0.15) is 0 Å². The van der Waals surface area contributed by atoms with Gasteiger partial charge in [0.1, 0.15) is 22.8 Å². The molecule has 1 N–H and O–H groups in total. The maximum atomic E-state index is 12.5. The molecular formula is C15H29BrNO4+. The van der Waals surface area contributed by atoms with Gasteiger partial charge in [-0.3, -0.25) is 13.4 Å². The summed E-state index contributed by atoms with van der Waals surface area (Å²) >= 11 is 2.89. The lowest BCUT2D eigenvalue weighted by Crippen LogP contribution is -2.55. The number of carbonyl (C=O) groups excluding carboxylic acids is 1. The predicted molar refractivity (Wildman–Crippen MR) is 86.3 cm³/mol. The van der Waals surface area contributed by atoms with E-state index in [1.165, 1.54) is 6.42 Å². The quantitative estimate of drug-likeness (QED) is 0.425. The molecule has 1 unspecified atom stereocenters. The summed E-state index contributed by atoms with van der Waals surface area (Å²) < 4.78 is 5.69. The van der Waals surface area contributed by atoms with E-state index in [1.807, 2.05) is 21.1 Å². The van der Waals surface area contributed by atoms with E-state index in [0.717, 1.165) is 25.7 Å². The van der Waals surface area contributed by atoms with E-state index in [0.29, 0.717) is 17.4 Å². The number of unbranched alkanes of at least 4 members (excludes halogenated alkanes) is 4. The minimum absolute atomic E-state index is 0.133. The van der Waals surface area contributed by atoms with Crippen LogP contribution in [0, 0.1) is 0 Å². The largest absolute Gasteiger partial charge is 0.481 e. The number of nitrogens with zero attached hydrogens (tertiary/aromatic N) is 1. The average molecular weight is 367 g/mol. The van der Waals surface area contributed by atoms with Crippen molar-refractivity contribution in [2.75, 3.05) is 27.7 Å². The van der Waals surface area contributed by atoms with Crippen LogP contribution in [-0.2, 0) is 13.4 Å². The molecule has 0 aromatic heterocycles. The lowest BCUT2D eigenvalue weighted by molar-refractivity contribution is -0.875. The molecule has 0 spiro atoms. The third-order valence-corrected chi connectivity index (χ3v) is 3.95. The third-order valence-electron chi connectivity index (χ3n) is 3.33. The zero-order valence-electron chi connectivity index (χ0n) is 13.7. The first-order valence-electron chi connectivity index (χ1n) is 7.52. The van der Waals surface area contributed by atoms with Gasteiger partial charge in [-0.1, -0.05) is 32.6 Å². The first kappa shape index (κ1) is 20.5. The summed E-state index contributed by atoms with van der Waals surface area (Å²) in [5.41, 5.74) is -1.30. The minimum atomic E-state index is -1.30. The zero-order chi connectivity index (χ0) is 16.5. The SMILES string of the molecule is CCCCCCCC(=O)C(CC(=O)O)(C[N+](C)(C)C)OBr. The molecule has 0 amide bonds. The Labute approximate surface area is 136 Å². The van der Waals surface area contributed by atoms with E-state index in [1.54, 1.807) is 0 Å². The molecule has 0 bridgehead atoms. The van der Waals surface area contributed by atoms with Gasteiger partial charge in [0.2, 0.25) is 0 Å². The number of carboxylic acid groups (broad SMARTS) is 1. The van der Waals surface area contributed by atoms with Gasteiger partial charge in [-0.25, -0.2) is 0 Å². The smallest absolute Gasteiger partial charge is 0.307 e. The molecule has 5 nitrogen and oxygen atoms in total. The van der Waals surface area contributed by atoms with Crippen molar-refractivity contribution in [3.8, 4) is 0 Å². The van der Waals surface area contributed by atoms with Gasteiger partial charge in [0, 0.05) is 6.42 Å². The summed E-state index contributed by atoms with van der Waals surface area (Å²) in [6.07, 6.45) is 5.26. The zero-order valence-corrected chi connectivity index (χ0v) is 15.2. The van der Waals surface area contributed by atoms with Gasteiger partial charge < -0.3 is 9.59 Å². The fourth-order valence-corrected chi connectivity index (χ4v) is 2.86. The van der Waals surface area contributed by atoms with Crippen LogP contribution in [0.15, 0.2) is 0 Å². The lowest BCUT2D eigenvalue weighted by atomic mass is 9.89. The minimum Gasteiger partial charge on any atom is -0.481 e. The summed E-state index contributed by atoms with van der Waals surface area (Å²) in [7, 11) is 5.74. The van der Waals surface area contributed by atoms with Crippen molar-refractivity contribution in [1.29, 1.82) is 0 Å². The van der Waals surface area contributed by atoms with Crippen LogP contribution < -0.4 is 0 Å². The maximum absolute atomic E-state index is 12.5. The highest BCUT2D eigenvalue weighted by atomic mass is 79.9. The van der Waals surface area contributed by atoms with Gasteiger partial charge in [-0.05, 0) is 6.42 Å². The summed E-state index contributed by atoms with van der Waals surface area (Å²) in [5.74, 6) is -1.16. The normalized spacial score (nSPS) is 14.7. The van der Waals surface area contributed by atoms with Crippen molar-refractivity contribution < 1.29 is 23.0 Å². The molecule has 0 heterocycles. The molecule has 21 heavy (non-hydrogen) atoms. The average Bonchev–Trinajstić information content (AvgIpc) is 2.35. The molecule has 0 aromatic rings. The molecule has 0 aromatic carbocycles. The van der Waals surface area contributed by atoms with Crippen molar-refractivity contribution in [3.63, 3.8) is 0 Å². The maximum Gasteiger partial charge on any atom is 0.307 e. The Morgan fingerprint density at radius 3 is 2.14 bits per heavy atom. The van der Waals surface area contributed by atoms with Crippen LogP contribution in [0.25, 0.3) is 0 Å². The van der Waals surface area contributed by atoms with Crippen LogP contribution in [0.3, 0.4) is 0 Å². The third kappa shape index (κ3) is 8.53. The summed E-state index contributed by atoms with van der Waals surface area (Å²) in [4.78, 5) is 23.6. The number of aliphatic carboxylic acids is 1. The Bertz CT molecular complexity index is 341. The molecule has 0 aliphatic heterocycles. The molecule has 1 atom stereocenters.